The fraction of sp³-hybridized carbons (Fsp3) is 0.846. The van der Waals surface area contributed by atoms with E-state index in [0.29, 0.717) is 0 Å². The number of carbonyl (C=O) groups is 2. The van der Waals surface area contributed by atoms with Crippen molar-refractivity contribution in [2.24, 2.45) is 0 Å². The Morgan fingerprint density at radius 3 is 1.90 bits per heavy atom. The first-order valence-electron chi connectivity index (χ1n) is 6.29. The standard InChI is InChI=1S/C13H22O7/c1-7(14)9(15)11-13(19-5)12(18-4)10(17-3)8(20-11)6-16-2/h8,10-13H,6H2,1-5H3/t8-,10-,11-,12+,13+/m1/s1. The van der Waals surface area contributed by atoms with Crippen LogP contribution >= 0.6 is 0 Å². The van der Waals surface area contributed by atoms with Crippen LogP contribution < -0.4 is 0 Å². The lowest BCUT2D eigenvalue weighted by Gasteiger charge is -2.43. The van der Waals surface area contributed by atoms with Crippen molar-refractivity contribution in [1.29, 1.82) is 0 Å². The first-order chi connectivity index (χ1) is 9.51. The van der Waals surface area contributed by atoms with Gasteiger partial charge in [-0.05, 0) is 0 Å². The van der Waals surface area contributed by atoms with E-state index in [1.54, 1.807) is 0 Å². The van der Waals surface area contributed by atoms with Gasteiger partial charge in [0.05, 0.1) is 6.61 Å². The number of hydrogen-bond donors (Lipinski definition) is 0. The molecule has 0 bridgehead atoms. The molecule has 5 atom stereocenters. The van der Waals surface area contributed by atoms with Gasteiger partial charge in [0.15, 0.2) is 11.9 Å². The number of ether oxygens (including phenoxy) is 5. The Kier molecular flexibility index (Phi) is 6.70. The third-order valence-corrected chi connectivity index (χ3v) is 3.39. The molecule has 0 amide bonds. The van der Waals surface area contributed by atoms with Crippen molar-refractivity contribution in [3.8, 4) is 0 Å². The molecule has 1 heterocycles. The van der Waals surface area contributed by atoms with E-state index in [1.165, 1.54) is 35.4 Å². The quantitative estimate of drug-likeness (QED) is 0.590. The zero-order chi connectivity index (χ0) is 15.3. The molecule has 7 heteroatoms. The molecular weight excluding hydrogens is 268 g/mol. The number of carbonyl (C=O) groups excluding carboxylic acids is 2. The van der Waals surface area contributed by atoms with Crippen LogP contribution in [0, 0.1) is 0 Å². The summed E-state index contributed by atoms with van der Waals surface area (Å²) in [5, 5.41) is 0. The first-order valence-corrected chi connectivity index (χ1v) is 6.29. The Labute approximate surface area is 118 Å². The van der Waals surface area contributed by atoms with Gasteiger partial charge in [-0.15, -0.1) is 0 Å². The Bertz CT molecular complexity index is 344. The highest BCUT2D eigenvalue weighted by Crippen LogP contribution is 2.28. The lowest BCUT2D eigenvalue weighted by molar-refractivity contribution is -0.244. The normalized spacial score (nSPS) is 34.0. The maximum atomic E-state index is 12.0. The molecule has 0 saturated carbocycles. The lowest BCUT2D eigenvalue weighted by Crippen LogP contribution is -2.63. The van der Waals surface area contributed by atoms with Crippen molar-refractivity contribution >= 4 is 11.6 Å². The Morgan fingerprint density at radius 2 is 1.50 bits per heavy atom. The van der Waals surface area contributed by atoms with Crippen molar-refractivity contribution in [3.63, 3.8) is 0 Å². The second-order valence-electron chi connectivity index (χ2n) is 4.57. The molecule has 7 nitrogen and oxygen atoms in total. The summed E-state index contributed by atoms with van der Waals surface area (Å²) in [4.78, 5) is 23.3. The third-order valence-electron chi connectivity index (χ3n) is 3.39. The topological polar surface area (TPSA) is 80.3 Å². The minimum absolute atomic E-state index is 0.219. The van der Waals surface area contributed by atoms with Crippen molar-refractivity contribution in [2.75, 3.05) is 35.0 Å². The summed E-state index contributed by atoms with van der Waals surface area (Å²) in [6, 6.07) is 0. The molecule has 1 saturated heterocycles. The number of rotatable bonds is 7. The van der Waals surface area contributed by atoms with Crippen LogP contribution in [0.5, 0.6) is 0 Å². The van der Waals surface area contributed by atoms with Crippen LogP contribution in [0.25, 0.3) is 0 Å². The molecule has 0 radical (unpaired) electrons. The van der Waals surface area contributed by atoms with Gasteiger partial charge in [0.1, 0.15) is 24.4 Å². The first kappa shape index (κ1) is 17.2. The molecule has 0 aromatic rings. The average molecular weight is 290 g/mol. The Morgan fingerprint density at radius 1 is 0.950 bits per heavy atom. The van der Waals surface area contributed by atoms with Gasteiger partial charge in [-0.1, -0.05) is 0 Å². The molecular formula is C13H22O7. The molecule has 1 fully saturated rings. The van der Waals surface area contributed by atoms with Crippen LogP contribution in [-0.4, -0.2) is 77.1 Å². The molecule has 1 rings (SSSR count). The van der Waals surface area contributed by atoms with E-state index in [-0.39, 0.29) is 6.61 Å². The largest absolute Gasteiger partial charge is 0.382 e. The molecule has 1 aliphatic heterocycles. The number of Topliss-reactive ketones (excluding diaryl/α,β-unsaturated/α-hetero) is 2. The molecule has 0 unspecified atom stereocenters. The molecule has 0 N–H and O–H groups in total. The zero-order valence-corrected chi connectivity index (χ0v) is 12.5. The molecule has 116 valence electrons. The maximum absolute atomic E-state index is 12.0. The van der Waals surface area contributed by atoms with E-state index < -0.39 is 42.1 Å². The number of methoxy groups -OCH3 is 4. The van der Waals surface area contributed by atoms with Crippen LogP contribution in [-0.2, 0) is 33.3 Å². The van der Waals surface area contributed by atoms with Crippen LogP contribution in [0.4, 0.5) is 0 Å². The van der Waals surface area contributed by atoms with Gasteiger partial charge >= 0.3 is 0 Å². The average Bonchev–Trinajstić information content (AvgIpc) is 2.44. The van der Waals surface area contributed by atoms with E-state index in [4.69, 9.17) is 23.7 Å². The smallest absolute Gasteiger partial charge is 0.229 e. The molecule has 1 aliphatic rings. The minimum atomic E-state index is -1.02. The fourth-order valence-corrected chi connectivity index (χ4v) is 2.44. The van der Waals surface area contributed by atoms with Crippen molar-refractivity contribution < 1.29 is 33.3 Å². The van der Waals surface area contributed by atoms with Gasteiger partial charge in [-0.25, -0.2) is 0 Å². The zero-order valence-electron chi connectivity index (χ0n) is 12.5. The number of hydrogen-bond acceptors (Lipinski definition) is 7. The minimum Gasteiger partial charge on any atom is -0.382 e. The van der Waals surface area contributed by atoms with Crippen molar-refractivity contribution in [2.45, 2.75) is 37.4 Å². The van der Waals surface area contributed by atoms with Crippen LogP contribution in [0.3, 0.4) is 0 Å². The van der Waals surface area contributed by atoms with Gasteiger partial charge in [-0.3, -0.25) is 9.59 Å². The van der Waals surface area contributed by atoms with E-state index in [2.05, 4.69) is 0 Å². The third kappa shape index (κ3) is 3.42. The summed E-state index contributed by atoms with van der Waals surface area (Å²) in [6.45, 7) is 1.42. The summed E-state index contributed by atoms with van der Waals surface area (Å²) < 4.78 is 26.8. The molecule has 0 aliphatic carbocycles. The van der Waals surface area contributed by atoms with E-state index >= 15 is 0 Å². The van der Waals surface area contributed by atoms with Crippen molar-refractivity contribution in [3.05, 3.63) is 0 Å². The second-order valence-corrected chi connectivity index (χ2v) is 4.57. The number of ketones is 2. The highest BCUT2D eigenvalue weighted by atomic mass is 16.6. The van der Waals surface area contributed by atoms with Crippen molar-refractivity contribution in [1.82, 2.24) is 0 Å². The predicted octanol–water partition coefficient (Wildman–Crippen LogP) is -0.397. The fourth-order valence-electron chi connectivity index (χ4n) is 2.44. The summed E-state index contributed by atoms with van der Waals surface area (Å²) in [5.74, 6) is -1.23. The summed E-state index contributed by atoms with van der Waals surface area (Å²) in [6.07, 6.45) is -3.24. The van der Waals surface area contributed by atoms with E-state index in [0.717, 1.165) is 0 Å². The van der Waals surface area contributed by atoms with Crippen LogP contribution in [0.15, 0.2) is 0 Å². The highest BCUT2D eigenvalue weighted by Gasteiger charge is 2.50. The molecule has 0 aromatic carbocycles. The van der Waals surface area contributed by atoms with Gasteiger partial charge < -0.3 is 23.7 Å². The lowest BCUT2D eigenvalue weighted by atomic mass is 9.91. The SMILES string of the molecule is COC[C@H]1O[C@H](C(=O)C(C)=O)[C@H](OC)[C@@H](OC)[C@@H]1OC. The Balaban J connectivity index is 3.06. The summed E-state index contributed by atoms with van der Waals surface area (Å²) >= 11 is 0. The summed E-state index contributed by atoms with van der Waals surface area (Å²) in [7, 11) is 5.96. The Hall–Kier alpha value is -0.860. The molecule has 0 spiro atoms. The predicted molar refractivity (Wildman–Crippen MR) is 68.6 cm³/mol. The molecule has 0 aromatic heterocycles. The van der Waals surface area contributed by atoms with Gasteiger partial charge in [0, 0.05) is 35.4 Å². The molecule has 20 heavy (non-hydrogen) atoms. The van der Waals surface area contributed by atoms with E-state index in [1.807, 2.05) is 0 Å². The van der Waals surface area contributed by atoms with Gasteiger partial charge in [-0.2, -0.15) is 0 Å². The van der Waals surface area contributed by atoms with E-state index in [9.17, 15) is 9.59 Å². The van der Waals surface area contributed by atoms with Gasteiger partial charge in [0.25, 0.3) is 0 Å². The summed E-state index contributed by atoms with van der Waals surface area (Å²) in [5.41, 5.74) is 0. The maximum Gasteiger partial charge on any atom is 0.229 e. The second kappa shape index (κ2) is 7.80. The van der Waals surface area contributed by atoms with Crippen LogP contribution in [0.1, 0.15) is 6.92 Å². The van der Waals surface area contributed by atoms with Crippen LogP contribution in [0.2, 0.25) is 0 Å². The van der Waals surface area contributed by atoms with Gasteiger partial charge in [0.2, 0.25) is 5.78 Å². The highest BCUT2D eigenvalue weighted by molar-refractivity contribution is 6.38. The monoisotopic (exact) mass is 290 g/mol.